The van der Waals surface area contributed by atoms with Crippen LogP contribution >= 0.6 is 0 Å². The average molecular weight is 452 g/mol. The Balaban J connectivity index is 0.000000186. The third kappa shape index (κ3) is 5.12. The van der Waals surface area contributed by atoms with Crippen molar-refractivity contribution in [1.82, 2.24) is 9.55 Å². The van der Waals surface area contributed by atoms with E-state index in [-0.39, 0.29) is 18.3 Å². The fourth-order valence-electron chi connectivity index (χ4n) is 3.32. The molecule has 0 aliphatic rings. The molecule has 0 fully saturated rings. The fraction of sp³-hybridized carbons (Fsp3) is 0.217. The minimum atomic E-state index is -0.476. The van der Waals surface area contributed by atoms with Crippen LogP contribution in [0.4, 0.5) is 11.4 Å². The Labute approximate surface area is 189 Å². The van der Waals surface area contributed by atoms with Gasteiger partial charge in [-0.1, -0.05) is 0 Å². The number of hydrogen-bond donors (Lipinski definition) is 2. The summed E-state index contributed by atoms with van der Waals surface area (Å²) in [5.74, 6) is -0.772. The van der Waals surface area contributed by atoms with E-state index < -0.39 is 10.9 Å². The van der Waals surface area contributed by atoms with Crippen molar-refractivity contribution >= 4 is 45.1 Å². The van der Waals surface area contributed by atoms with E-state index in [4.69, 9.17) is 15.2 Å². The summed E-state index contributed by atoms with van der Waals surface area (Å²) in [4.78, 5) is 36.1. The lowest BCUT2D eigenvalue weighted by molar-refractivity contribution is -0.384. The number of ether oxygens (including phenoxy) is 2. The quantitative estimate of drug-likeness (QED) is 0.200. The highest BCUT2D eigenvalue weighted by Crippen LogP contribution is 2.22. The zero-order valence-corrected chi connectivity index (χ0v) is 18.5. The molecule has 4 aromatic rings. The molecule has 10 nitrogen and oxygen atoms in total. The van der Waals surface area contributed by atoms with Gasteiger partial charge in [-0.05, 0) is 50.2 Å². The molecular weight excluding hydrogens is 428 g/mol. The van der Waals surface area contributed by atoms with Crippen molar-refractivity contribution in [1.29, 1.82) is 0 Å². The molecule has 0 saturated heterocycles. The Morgan fingerprint density at radius 3 is 2.36 bits per heavy atom. The number of H-pyrrole nitrogens is 1. The van der Waals surface area contributed by atoms with Gasteiger partial charge in [-0.15, -0.1) is 0 Å². The minimum Gasteiger partial charge on any atom is -0.461 e. The minimum absolute atomic E-state index is 0.00749. The number of rotatable bonds is 5. The predicted octanol–water partition coefficient (Wildman–Crippen LogP) is 4.19. The van der Waals surface area contributed by atoms with Crippen molar-refractivity contribution in [2.45, 2.75) is 13.8 Å². The number of aromatic nitrogens is 2. The van der Waals surface area contributed by atoms with E-state index in [0.29, 0.717) is 34.6 Å². The Morgan fingerprint density at radius 2 is 1.70 bits per heavy atom. The topological polar surface area (TPSA) is 142 Å². The lowest BCUT2D eigenvalue weighted by Gasteiger charge is -2.03. The number of nitrogen functional groups attached to an aromatic ring is 1. The maximum absolute atomic E-state index is 11.6. The van der Waals surface area contributed by atoms with Gasteiger partial charge in [0.1, 0.15) is 11.4 Å². The van der Waals surface area contributed by atoms with Crippen LogP contribution in [-0.4, -0.2) is 39.6 Å². The third-order valence-electron chi connectivity index (χ3n) is 4.86. The van der Waals surface area contributed by atoms with E-state index >= 15 is 0 Å². The van der Waals surface area contributed by atoms with Gasteiger partial charge in [0.05, 0.1) is 18.1 Å². The molecule has 0 aliphatic carbocycles. The van der Waals surface area contributed by atoms with Crippen LogP contribution < -0.4 is 5.73 Å². The number of nitro groups is 1. The molecule has 0 amide bonds. The largest absolute Gasteiger partial charge is 0.461 e. The van der Waals surface area contributed by atoms with Gasteiger partial charge in [0.2, 0.25) is 0 Å². The molecule has 2 aromatic carbocycles. The second-order valence-corrected chi connectivity index (χ2v) is 7.06. The number of nitrogens with two attached hydrogens (primary N) is 1. The van der Waals surface area contributed by atoms with Crippen molar-refractivity contribution < 1.29 is 24.0 Å². The van der Waals surface area contributed by atoms with Gasteiger partial charge in [-0.2, -0.15) is 0 Å². The third-order valence-corrected chi connectivity index (χ3v) is 4.86. The molecule has 0 spiro atoms. The lowest BCUT2D eigenvalue weighted by Crippen LogP contribution is -2.09. The molecule has 0 bridgehead atoms. The number of nitrogens with one attached hydrogen (secondary N) is 1. The zero-order valence-electron chi connectivity index (χ0n) is 18.5. The number of nitro benzene ring substituents is 1. The number of esters is 2. The Bertz CT molecular complexity index is 1340. The molecule has 0 aliphatic heterocycles. The summed E-state index contributed by atoms with van der Waals surface area (Å²) in [6.07, 6.45) is 0. The molecule has 2 heterocycles. The van der Waals surface area contributed by atoms with Crippen LogP contribution in [0.3, 0.4) is 0 Å². The van der Waals surface area contributed by atoms with Gasteiger partial charge >= 0.3 is 11.9 Å². The normalized spacial score (nSPS) is 10.5. The Morgan fingerprint density at radius 1 is 1.00 bits per heavy atom. The SMILES string of the molecule is CCOC(=O)c1cc2cc(N)ccc2n1C.CCOC(=O)c1cc2cc([N+](=O)[O-])ccc2[nH]1. The van der Waals surface area contributed by atoms with Crippen LogP contribution in [0, 0.1) is 10.1 Å². The number of carbonyl (C=O) groups excluding carboxylic acids is 2. The fourth-order valence-corrected chi connectivity index (χ4v) is 3.32. The van der Waals surface area contributed by atoms with Crippen LogP contribution in [-0.2, 0) is 16.5 Å². The second kappa shape index (κ2) is 9.86. The average Bonchev–Trinajstić information content (AvgIpc) is 3.35. The van der Waals surface area contributed by atoms with E-state index in [1.54, 1.807) is 32.0 Å². The number of fused-ring (bicyclic) bond motifs is 2. The highest BCUT2D eigenvalue weighted by Gasteiger charge is 2.14. The number of aromatic amines is 1. The first-order valence-corrected chi connectivity index (χ1v) is 10.2. The number of non-ortho nitro benzene ring substituents is 1. The van der Waals surface area contributed by atoms with Crippen molar-refractivity contribution in [2.24, 2.45) is 7.05 Å². The Hall–Kier alpha value is -4.34. The molecular formula is C23H24N4O6. The predicted molar refractivity (Wildman–Crippen MR) is 124 cm³/mol. The van der Waals surface area contributed by atoms with Crippen molar-refractivity contribution in [3.63, 3.8) is 0 Å². The molecule has 10 heteroatoms. The first-order chi connectivity index (χ1) is 15.7. The Kier molecular flexibility index (Phi) is 6.97. The van der Waals surface area contributed by atoms with Crippen molar-refractivity contribution in [2.75, 3.05) is 18.9 Å². The second-order valence-electron chi connectivity index (χ2n) is 7.06. The highest BCUT2D eigenvalue weighted by molar-refractivity contribution is 5.96. The van der Waals surface area contributed by atoms with E-state index in [2.05, 4.69) is 4.98 Å². The molecule has 2 aromatic heterocycles. The maximum Gasteiger partial charge on any atom is 0.354 e. The molecule has 33 heavy (non-hydrogen) atoms. The van der Waals surface area contributed by atoms with Crippen LogP contribution in [0.1, 0.15) is 34.8 Å². The summed E-state index contributed by atoms with van der Waals surface area (Å²) in [7, 11) is 1.84. The molecule has 0 atom stereocenters. The zero-order chi connectivity index (χ0) is 24.1. The molecule has 0 unspecified atom stereocenters. The summed E-state index contributed by atoms with van der Waals surface area (Å²) in [6.45, 7) is 4.17. The molecule has 4 rings (SSSR count). The number of nitrogens with zero attached hydrogens (tertiary/aromatic N) is 2. The van der Waals surface area contributed by atoms with Crippen LogP contribution in [0.25, 0.3) is 21.8 Å². The van der Waals surface area contributed by atoms with Gasteiger partial charge in [0.25, 0.3) is 5.69 Å². The standard InChI is InChI=1S/C12H14N2O2.C11H10N2O4/c1-3-16-12(15)11-7-8-6-9(13)4-5-10(8)14(11)2;1-2-17-11(14)10-6-7-5-8(13(15)16)3-4-9(7)12-10/h4-7H,3,13H2,1-2H3;3-6,12H,2H2,1H3. The number of aryl methyl sites for hydroxylation is 1. The van der Waals surface area contributed by atoms with Gasteiger partial charge in [-0.25, -0.2) is 9.59 Å². The van der Waals surface area contributed by atoms with Gasteiger partial charge in [0, 0.05) is 46.7 Å². The van der Waals surface area contributed by atoms with Crippen LogP contribution in [0.15, 0.2) is 48.5 Å². The summed E-state index contributed by atoms with van der Waals surface area (Å²) in [5.41, 5.74) is 8.85. The van der Waals surface area contributed by atoms with E-state index in [1.807, 2.05) is 29.8 Å². The molecule has 0 saturated carbocycles. The summed E-state index contributed by atoms with van der Waals surface area (Å²) in [5, 5.41) is 12.2. The monoisotopic (exact) mass is 452 g/mol. The van der Waals surface area contributed by atoms with Gasteiger partial charge < -0.3 is 24.8 Å². The van der Waals surface area contributed by atoms with Crippen molar-refractivity contribution in [3.8, 4) is 0 Å². The highest BCUT2D eigenvalue weighted by atomic mass is 16.6. The van der Waals surface area contributed by atoms with Crippen molar-refractivity contribution in [3.05, 3.63) is 70.0 Å². The maximum atomic E-state index is 11.6. The first-order valence-electron chi connectivity index (χ1n) is 10.2. The van der Waals surface area contributed by atoms with E-state index in [0.717, 1.165) is 10.9 Å². The molecule has 3 N–H and O–H groups in total. The van der Waals surface area contributed by atoms with Crippen LogP contribution in [0.5, 0.6) is 0 Å². The summed E-state index contributed by atoms with van der Waals surface area (Å²) in [6, 6.07) is 13.3. The smallest absolute Gasteiger partial charge is 0.354 e. The number of carbonyl (C=O) groups is 2. The number of benzene rings is 2. The summed E-state index contributed by atoms with van der Waals surface area (Å²) >= 11 is 0. The lowest BCUT2D eigenvalue weighted by atomic mass is 10.2. The van der Waals surface area contributed by atoms with E-state index in [9.17, 15) is 19.7 Å². The number of hydrogen-bond acceptors (Lipinski definition) is 7. The van der Waals surface area contributed by atoms with E-state index in [1.165, 1.54) is 12.1 Å². The first kappa shape index (κ1) is 23.3. The molecule has 172 valence electrons. The number of anilines is 1. The van der Waals surface area contributed by atoms with Gasteiger partial charge in [-0.3, -0.25) is 10.1 Å². The summed E-state index contributed by atoms with van der Waals surface area (Å²) < 4.78 is 11.6. The van der Waals surface area contributed by atoms with Crippen LogP contribution in [0.2, 0.25) is 0 Å². The molecule has 0 radical (unpaired) electrons. The van der Waals surface area contributed by atoms with Gasteiger partial charge in [0.15, 0.2) is 0 Å².